The summed E-state index contributed by atoms with van der Waals surface area (Å²) in [4.78, 5) is 2.39. The predicted molar refractivity (Wildman–Crippen MR) is 58.6 cm³/mol. The first-order chi connectivity index (χ1) is 7.22. The quantitative estimate of drug-likeness (QED) is 0.659. The van der Waals surface area contributed by atoms with Crippen LogP contribution in [-0.4, -0.2) is 40.9 Å². The van der Waals surface area contributed by atoms with Crippen molar-refractivity contribution in [2.75, 3.05) is 20.1 Å². The molecule has 1 unspecified atom stereocenters. The van der Waals surface area contributed by atoms with Crippen LogP contribution >= 0.6 is 0 Å². The van der Waals surface area contributed by atoms with E-state index in [1.165, 1.54) is 18.5 Å². The lowest BCUT2D eigenvalue weighted by Gasteiger charge is -2.40. The zero-order valence-electron chi connectivity index (χ0n) is 9.19. The molecule has 0 aromatic carbocycles. The lowest BCUT2D eigenvalue weighted by atomic mass is 9.72. The van der Waals surface area contributed by atoms with Gasteiger partial charge in [0.2, 0.25) is 0 Å². The summed E-state index contributed by atoms with van der Waals surface area (Å²) in [5, 5.41) is 4.34. The molecule has 0 aliphatic carbocycles. The van der Waals surface area contributed by atoms with E-state index < -0.39 is 0 Å². The van der Waals surface area contributed by atoms with Crippen LogP contribution in [0.4, 0.5) is 0 Å². The number of likely N-dealkylation sites (tertiary alicyclic amines) is 1. The van der Waals surface area contributed by atoms with Crippen LogP contribution in [0.1, 0.15) is 18.5 Å². The molecule has 4 heteroatoms. The number of hydrogen-bond acceptors (Lipinski definition) is 3. The molecule has 0 bridgehead atoms. The Morgan fingerprint density at radius 2 is 2.20 bits per heavy atom. The highest BCUT2D eigenvalue weighted by Gasteiger charge is 2.47. The van der Waals surface area contributed by atoms with Crippen LogP contribution < -0.4 is 5.73 Å². The van der Waals surface area contributed by atoms with Crippen LogP contribution in [0.2, 0.25) is 0 Å². The van der Waals surface area contributed by atoms with E-state index in [9.17, 15) is 0 Å². The van der Waals surface area contributed by atoms with E-state index >= 15 is 0 Å². The van der Waals surface area contributed by atoms with Gasteiger partial charge in [-0.05, 0) is 39.0 Å². The SMILES string of the molecule is CN1CCC2(CC1)c1ccnn1CC2N. The van der Waals surface area contributed by atoms with Crippen molar-refractivity contribution in [3.05, 3.63) is 18.0 Å². The first-order valence-corrected chi connectivity index (χ1v) is 5.69. The van der Waals surface area contributed by atoms with Crippen LogP contribution in [0.15, 0.2) is 12.3 Å². The van der Waals surface area contributed by atoms with Crippen LogP contribution in [0, 0.1) is 0 Å². The van der Waals surface area contributed by atoms with Crippen LogP contribution in [-0.2, 0) is 12.0 Å². The molecule has 4 nitrogen and oxygen atoms in total. The van der Waals surface area contributed by atoms with Crippen molar-refractivity contribution in [2.24, 2.45) is 5.73 Å². The second-order valence-corrected chi connectivity index (χ2v) is 4.96. The number of fused-ring (bicyclic) bond motifs is 2. The van der Waals surface area contributed by atoms with E-state index in [0.29, 0.717) is 0 Å². The molecule has 2 N–H and O–H groups in total. The lowest BCUT2D eigenvalue weighted by molar-refractivity contribution is 0.172. The summed E-state index contributed by atoms with van der Waals surface area (Å²) in [6.45, 7) is 3.20. The molecule has 0 saturated carbocycles. The summed E-state index contributed by atoms with van der Waals surface area (Å²) in [7, 11) is 2.19. The van der Waals surface area contributed by atoms with Crippen LogP contribution in [0.3, 0.4) is 0 Å². The Labute approximate surface area is 90.0 Å². The van der Waals surface area contributed by atoms with Gasteiger partial charge in [0.15, 0.2) is 0 Å². The molecule has 1 aromatic rings. The average molecular weight is 206 g/mol. The number of nitrogens with zero attached hydrogens (tertiary/aromatic N) is 3. The molecule has 0 radical (unpaired) electrons. The van der Waals surface area contributed by atoms with Crippen molar-refractivity contribution in [3.63, 3.8) is 0 Å². The van der Waals surface area contributed by atoms with Gasteiger partial charge in [0.1, 0.15) is 0 Å². The molecule has 1 fully saturated rings. The second kappa shape index (κ2) is 3.06. The molecule has 1 saturated heterocycles. The van der Waals surface area contributed by atoms with Gasteiger partial charge in [-0.1, -0.05) is 0 Å². The van der Waals surface area contributed by atoms with Gasteiger partial charge >= 0.3 is 0 Å². The van der Waals surface area contributed by atoms with Crippen molar-refractivity contribution in [1.29, 1.82) is 0 Å². The first kappa shape index (κ1) is 9.36. The molecule has 3 rings (SSSR count). The highest BCUT2D eigenvalue weighted by molar-refractivity contribution is 5.25. The van der Waals surface area contributed by atoms with E-state index in [2.05, 4.69) is 27.8 Å². The Morgan fingerprint density at radius 1 is 1.47 bits per heavy atom. The number of rotatable bonds is 0. The van der Waals surface area contributed by atoms with Crippen LogP contribution in [0.5, 0.6) is 0 Å². The maximum atomic E-state index is 6.31. The fourth-order valence-electron chi connectivity index (χ4n) is 3.10. The summed E-state index contributed by atoms with van der Waals surface area (Å²) in [5.74, 6) is 0. The van der Waals surface area contributed by atoms with E-state index in [4.69, 9.17) is 5.73 Å². The predicted octanol–water partition coefficient (Wildman–Crippen LogP) is 0.187. The largest absolute Gasteiger partial charge is 0.325 e. The van der Waals surface area contributed by atoms with E-state index in [1.807, 2.05) is 6.20 Å². The fraction of sp³-hybridized carbons (Fsp3) is 0.727. The minimum atomic E-state index is 0.211. The average Bonchev–Trinajstić information content (AvgIpc) is 2.75. The third-order valence-corrected chi connectivity index (χ3v) is 4.19. The van der Waals surface area contributed by atoms with Gasteiger partial charge in [0.25, 0.3) is 0 Å². The lowest BCUT2D eigenvalue weighted by Crippen LogP contribution is -2.49. The van der Waals surface area contributed by atoms with E-state index in [0.717, 1.165) is 19.6 Å². The Morgan fingerprint density at radius 3 is 2.93 bits per heavy atom. The van der Waals surface area contributed by atoms with E-state index in [1.54, 1.807) is 0 Å². The summed E-state index contributed by atoms with van der Waals surface area (Å²) >= 11 is 0. The van der Waals surface area contributed by atoms with Crippen molar-refractivity contribution in [2.45, 2.75) is 30.8 Å². The summed E-state index contributed by atoms with van der Waals surface area (Å²) in [6, 6.07) is 2.41. The Kier molecular flexibility index (Phi) is 1.91. The molecule has 0 amide bonds. The smallest absolute Gasteiger partial charge is 0.0573 e. The summed E-state index contributed by atoms with van der Waals surface area (Å²) in [5.41, 5.74) is 7.88. The second-order valence-electron chi connectivity index (χ2n) is 4.96. The fourth-order valence-corrected chi connectivity index (χ4v) is 3.10. The van der Waals surface area contributed by atoms with Gasteiger partial charge in [-0.25, -0.2) is 0 Å². The minimum absolute atomic E-state index is 0.211. The highest BCUT2D eigenvalue weighted by atomic mass is 15.3. The number of aromatic nitrogens is 2. The topological polar surface area (TPSA) is 47.1 Å². The molecular formula is C11H18N4. The molecule has 2 aliphatic heterocycles. The third-order valence-electron chi connectivity index (χ3n) is 4.19. The molecule has 3 heterocycles. The van der Waals surface area contributed by atoms with Crippen LogP contribution in [0.25, 0.3) is 0 Å². The normalized spacial score (nSPS) is 29.6. The molecule has 1 aromatic heterocycles. The molecular weight excluding hydrogens is 188 g/mol. The van der Waals surface area contributed by atoms with Gasteiger partial charge in [-0.15, -0.1) is 0 Å². The molecule has 1 spiro atoms. The van der Waals surface area contributed by atoms with Crippen molar-refractivity contribution >= 4 is 0 Å². The van der Waals surface area contributed by atoms with Gasteiger partial charge < -0.3 is 10.6 Å². The number of hydrogen-bond donors (Lipinski definition) is 1. The molecule has 82 valence electrons. The van der Waals surface area contributed by atoms with Crippen molar-refractivity contribution < 1.29 is 0 Å². The van der Waals surface area contributed by atoms with Crippen molar-refractivity contribution in [1.82, 2.24) is 14.7 Å². The number of nitrogens with two attached hydrogens (primary N) is 1. The Balaban J connectivity index is 1.97. The van der Waals surface area contributed by atoms with E-state index in [-0.39, 0.29) is 11.5 Å². The summed E-state index contributed by atoms with van der Waals surface area (Å²) < 4.78 is 2.09. The Hall–Kier alpha value is -0.870. The maximum Gasteiger partial charge on any atom is 0.0573 e. The van der Waals surface area contributed by atoms with Crippen molar-refractivity contribution in [3.8, 4) is 0 Å². The third kappa shape index (κ3) is 1.18. The number of piperidine rings is 1. The molecule has 2 aliphatic rings. The molecule has 1 atom stereocenters. The van der Waals surface area contributed by atoms with Gasteiger partial charge in [0.05, 0.1) is 6.54 Å². The zero-order chi connectivity index (χ0) is 10.5. The van der Waals surface area contributed by atoms with Gasteiger partial charge in [-0.2, -0.15) is 5.10 Å². The van der Waals surface area contributed by atoms with Gasteiger partial charge in [-0.3, -0.25) is 4.68 Å². The minimum Gasteiger partial charge on any atom is -0.325 e. The first-order valence-electron chi connectivity index (χ1n) is 5.69. The zero-order valence-corrected chi connectivity index (χ0v) is 9.19. The highest BCUT2D eigenvalue weighted by Crippen LogP contribution is 2.41. The van der Waals surface area contributed by atoms with Gasteiger partial charge in [0, 0.05) is 23.3 Å². The monoisotopic (exact) mass is 206 g/mol. The summed E-state index contributed by atoms with van der Waals surface area (Å²) in [6.07, 6.45) is 4.26. The Bertz CT molecular complexity index is 362. The molecule has 15 heavy (non-hydrogen) atoms. The maximum absolute atomic E-state index is 6.31. The standard InChI is InChI=1S/C11H18N4/c1-14-6-3-11(4-7-14)9(12)8-15-10(11)2-5-13-15/h2,5,9H,3-4,6-8,12H2,1H3.